The Balaban J connectivity index is 2.06. The molecule has 0 fully saturated rings. The van der Waals surface area contributed by atoms with Crippen LogP contribution in [0.3, 0.4) is 0 Å². The van der Waals surface area contributed by atoms with Crippen molar-refractivity contribution in [2.24, 2.45) is 16.8 Å². The summed E-state index contributed by atoms with van der Waals surface area (Å²) in [6.07, 6.45) is -1.51. The zero-order chi connectivity index (χ0) is 14.8. The molecule has 0 heterocycles. The molecule has 0 saturated carbocycles. The van der Waals surface area contributed by atoms with Gasteiger partial charge in [0.1, 0.15) is 5.92 Å². The average molecular weight is 287 g/mol. The van der Waals surface area contributed by atoms with Crippen LogP contribution in [0.15, 0.2) is 23.4 Å². The summed E-state index contributed by atoms with van der Waals surface area (Å²) in [7, 11) is 0. The molecule has 7 heteroatoms. The number of aryl methyl sites for hydroxylation is 2. The molecule has 4 N–H and O–H groups in total. The summed E-state index contributed by atoms with van der Waals surface area (Å²) < 4.78 is 38.3. The number of nitrogens with zero attached hydrogens (tertiary/aromatic N) is 1. The molecule has 0 bridgehead atoms. The van der Waals surface area contributed by atoms with E-state index in [0.29, 0.717) is 5.69 Å². The third-order valence-electron chi connectivity index (χ3n) is 3.48. The summed E-state index contributed by atoms with van der Waals surface area (Å²) in [4.78, 5) is 0. The molecule has 2 rings (SSSR count). The molecule has 1 aromatic rings. The Morgan fingerprint density at radius 1 is 1.35 bits per heavy atom. The van der Waals surface area contributed by atoms with Crippen molar-refractivity contribution in [1.29, 1.82) is 0 Å². The number of halogens is 3. The molecular weight excluding hydrogens is 271 g/mol. The van der Waals surface area contributed by atoms with Gasteiger partial charge in [-0.25, -0.2) is 0 Å². The van der Waals surface area contributed by atoms with Crippen LogP contribution in [-0.2, 0) is 12.8 Å². The number of benzene rings is 1. The van der Waals surface area contributed by atoms with E-state index in [0.717, 1.165) is 19.3 Å². The molecule has 1 unspecified atom stereocenters. The standard InChI is InChI=1S/C13H16F3N3O/c14-13(15,16)11(12(17)19-20)7-18-10-5-4-8-2-1-3-9(8)6-10/h4-6,11,18,20H,1-3,7H2,(H2,17,19). The van der Waals surface area contributed by atoms with Crippen LogP contribution in [0.4, 0.5) is 18.9 Å². The molecule has 0 saturated heterocycles. The molecule has 110 valence electrons. The Labute approximate surface area is 114 Å². The summed E-state index contributed by atoms with van der Waals surface area (Å²) in [5, 5.41) is 13.6. The molecule has 1 atom stereocenters. The van der Waals surface area contributed by atoms with E-state index in [9.17, 15) is 13.2 Å². The topological polar surface area (TPSA) is 70.6 Å². The molecule has 0 aliphatic heterocycles. The van der Waals surface area contributed by atoms with Gasteiger partial charge < -0.3 is 16.3 Å². The number of nitrogens with one attached hydrogen (secondary N) is 1. The fourth-order valence-electron chi connectivity index (χ4n) is 2.36. The highest BCUT2D eigenvalue weighted by Gasteiger charge is 2.42. The average Bonchev–Trinajstić information content (AvgIpc) is 2.84. The fraction of sp³-hybridized carbons (Fsp3) is 0.462. The van der Waals surface area contributed by atoms with Crippen LogP contribution in [0.1, 0.15) is 17.5 Å². The largest absolute Gasteiger partial charge is 0.409 e. The first kappa shape index (κ1) is 14.5. The number of anilines is 1. The maximum atomic E-state index is 12.8. The monoisotopic (exact) mass is 287 g/mol. The van der Waals surface area contributed by atoms with E-state index in [4.69, 9.17) is 10.9 Å². The number of fused-ring (bicyclic) bond motifs is 1. The summed E-state index contributed by atoms with van der Waals surface area (Å²) >= 11 is 0. The van der Waals surface area contributed by atoms with Crippen LogP contribution in [0.5, 0.6) is 0 Å². The summed E-state index contributed by atoms with van der Waals surface area (Å²) in [5.41, 5.74) is 8.13. The molecule has 4 nitrogen and oxygen atoms in total. The van der Waals surface area contributed by atoms with E-state index in [1.54, 1.807) is 6.07 Å². The van der Waals surface area contributed by atoms with Crippen molar-refractivity contribution < 1.29 is 18.4 Å². The van der Waals surface area contributed by atoms with Crippen LogP contribution in [0, 0.1) is 5.92 Å². The number of rotatable bonds is 4. The second-order valence-electron chi connectivity index (χ2n) is 4.84. The van der Waals surface area contributed by atoms with E-state index in [1.807, 2.05) is 12.1 Å². The minimum atomic E-state index is -4.56. The Morgan fingerprint density at radius 2 is 2.05 bits per heavy atom. The highest BCUT2D eigenvalue weighted by Crippen LogP contribution is 2.28. The maximum Gasteiger partial charge on any atom is 0.400 e. The van der Waals surface area contributed by atoms with Crippen molar-refractivity contribution >= 4 is 11.5 Å². The van der Waals surface area contributed by atoms with Gasteiger partial charge in [-0.1, -0.05) is 11.2 Å². The Bertz CT molecular complexity index is 514. The normalized spacial score (nSPS) is 16.9. The van der Waals surface area contributed by atoms with Gasteiger partial charge in [0.2, 0.25) is 0 Å². The summed E-state index contributed by atoms with van der Waals surface area (Å²) in [6, 6.07) is 5.54. The molecule has 1 aliphatic carbocycles. The highest BCUT2D eigenvalue weighted by molar-refractivity contribution is 5.83. The van der Waals surface area contributed by atoms with E-state index < -0.39 is 24.5 Å². The predicted octanol–water partition coefficient (Wildman–Crippen LogP) is 2.51. The van der Waals surface area contributed by atoms with Crippen molar-refractivity contribution in [2.45, 2.75) is 25.4 Å². The molecule has 0 radical (unpaired) electrons. The SMILES string of the molecule is N/C(=N/O)C(CNc1ccc2c(c1)CCC2)C(F)(F)F. The quantitative estimate of drug-likeness (QED) is 0.345. The van der Waals surface area contributed by atoms with E-state index in [-0.39, 0.29) is 0 Å². The van der Waals surface area contributed by atoms with Gasteiger partial charge in [-0.05, 0) is 42.5 Å². The minimum Gasteiger partial charge on any atom is -0.409 e. The first-order chi connectivity index (χ1) is 9.41. The van der Waals surface area contributed by atoms with Gasteiger partial charge in [-0.2, -0.15) is 13.2 Å². The number of hydrogen-bond donors (Lipinski definition) is 3. The predicted molar refractivity (Wildman–Crippen MR) is 69.9 cm³/mol. The zero-order valence-corrected chi connectivity index (χ0v) is 10.7. The van der Waals surface area contributed by atoms with Crippen LogP contribution < -0.4 is 11.1 Å². The van der Waals surface area contributed by atoms with Gasteiger partial charge in [0.15, 0.2) is 5.84 Å². The highest BCUT2D eigenvalue weighted by atomic mass is 19.4. The molecular formula is C13H16F3N3O. The van der Waals surface area contributed by atoms with Crippen molar-refractivity contribution in [1.82, 2.24) is 0 Å². The van der Waals surface area contributed by atoms with Gasteiger partial charge in [-0.3, -0.25) is 0 Å². The minimum absolute atomic E-state index is 0.460. The first-order valence-electron chi connectivity index (χ1n) is 6.31. The van der Waals surface area contributed by atoms with Crippen molar-refractivity contribution in [2.75, 3.05) is 11.9 Å². The lowest BCUT2D eigenvalue weighted by Crippen LogP contribution is -2.40. The Hall–Kier alpha value is -1.92. The molecule has 20 heavy (non-hydrogen) atoms. The smallest absolute Gasteiger partial charge is 0.400 e. The van der Waals surface area contributed by atoms with Crippen LogP contribution >= 0.6 is 0 Å². The van der Waals surface area contributed by atoms with E-state index >= 15 is 0 Å². The Morgan fingerprint density at radius 3 is 2.70 bits per heavy atom. The van der Waals surface area contributed by atoms with Crippen molar-refractivity contribution in [3.8, 4) is 0 Å². The van der Waals surface area contributed by atoms with Crippen molar-refractivity contribution in [3.05, 3.63) is 29.3 Å². The van der Waals surface area contributed by atoms with Gasteiger partial charge in [-0.15, -0.1) is 0 Å². The van der Waals surface area contributed by atoms with Gasteiger partial charge >= 0.3 is 6.18 Å². The lowest BCUT2D eigenvalue weighted by atomic mass is 10.1. The second-order valence-corrected chi connectivity index (χ2v) is 4.84. The van der Waals surface area contributed by atoms with E-state index in [2.05, 4.69) is 10.5 Å². The zero-order valence-electron chi connectivity index (χ0n) is 10.7. The number of alkyl halides is 3. The fourth-order valence-corrected chi connectivity index (χ4v) is 2.36. The third kappa shape index (κ3) is 3.15. The summed E-state index contributed by atoms with van der Waals surface area (Å²) in [5.74, 6) is -2.85. The van der Waals surface area contributed by atoms with Crippen LogP contribution in [0.2, 0.25) is 0 Å². The number of amidine groups is 1. The molecule has 0 spiro atoms. The van der Waals surface area contributed by atoms with Crippen LogP contribution in [0.25, 0.3) is 0 Å². The second kappa shape index (κ2) is 5.60. The van der Waals surface area contributed by atoms with Crippen LogP contribution in [-0.4, -0.2) is 23.8 Å². The first-order valence-corrected chi connectivity index (χ1v) is 6.31. The Kier molecular flexibility index (Phi) is 4.06. The lowest BCUT2D eigenvalue weighted by molar-refractivity contribution is -0.152. The molecule has 0 amide bonds. The molecule has 0 aromatic heterocycles. The molecule has 1 aromatic carbocycles. The van der Waals surface area contributed by atoms with Gasteiger partial charge in [0, 0.05) is 12.2 Å². The number of nitrogens with two attached hydrogens (primary N) is 1. The van der Waals surface area contributed by atoms with E-state index in [1.165, 1.54) is 11.1 Å². The maximum absolute atomic E-state index is 12.8. The van der Waals surface area contributed by atoms with Crippen molar-refractivity contribution in [3.63, 3.8) is 0 Å². The lowest BCUT2D eigenvalue weighted by Gasteiger charge is -2.20. The van der Waals surface area contributed by atoms with Gasteiger partial charge in [0.25, 0.3) is 0 Å². The van der Waals surface area contributed by atoms with Gasteiger partial charge in [0.05, 0.1) is 0 Å². The number of hydrogen-bond acceptors (Lipinski definition) is 3. The third-order valence-corrected chi connectivity index (χ3v) is 3.48. The number of oxime groups is 1. The molecule has 1 aliphatic rings. The summed E-state index contributed by atoms with van der Waals surface area (Å²) in [6.45, 7) is -0.460.